The van der Waals surface area contributed by atoms with Gasteiger partial charge in [-0.05, 0) is 12.8 Å². The molecular weight excluding hydrogens is 176 g/mol. The lowest BCUT2D eigenvalue weighted by molar-refractivity contribution is -0.123. The number of hydrogen-bond acceptors (Lipinski definition) is 2. The second-order valence-electron chi connectivity index (χ2n) is 3.38. The van der Waals surface area contributed by atoms with Crippen molar-refractivity contribution < 1.29 is 4.79 Å². The molecule has 1 amide bonds. The van der Waals surface area contributed by atoms with Gasteiger partial charge < -0.3 is 5.32 Å². The van der Waals surface area contributed by atoms with Crippen molar-refractivity contribution >= 4 is 23.3 Å². The van der Waals surface area contributed by atoms with E-state index < -0.39 is 5.54 Å². The minimum absolute atomic E-state index is 0.0515. The van der Waals surface area contributed by atoms with Crippen LogP contribution in [0.2, 0.25) is 0 Å². The minimum atomic E-state index is -0.426. The smallest absolute Gasteiger partial charge is 0.253 e. The molecule has 0 atom stereocenters. The maximum atomic E-state index is 11.5. The highest BCUT2D eigenvalue weighted by Gasteiger charge is 2.45. The Morgan fingerprint density at radius 3 is 2.67 bits per heavy atom. The van der Waals surface area contributed by atoms with Gasteiger partial charge in [-0.1, -0.05) is 12.8 Å². The number of alkyl halides is 1. The van der Waals surface area contributed by atoms with Gasteiger partial charge in [-0.2, -0.15) is 0 Å². The van der Waals surface area contributed by atoms with E-state index >= 15 is 0 Å². The van der Waals surface area contributed by atoms with Crippen molar-refractivity contribution in [3.8, 4) is 0 Å². The Morgan fingerprint density at radius 2 is 2.17 bits per heavy atom. The number of aliphatic imine (C=N–C) groups is 1. The summed E-state index contributed by atoms with van der Waals surface area (Å²) >= 11 is 5.59. The van der Waals surface area contributed by atoms with E-state index in [4.69, 9.17) is 11.6 Å². The molecule has 1 saturated carbocycles. The summed E-state index contributed by atoms with van der Waals surface area (Å²) in [5, 5.41) is 2.72. The molecule has 12 heavy (non-hydrogen) atoms. The zero-order chi connectivity index (χ0) is 8.60. The molecule has 1 spiro atoms. The SMILES string of the molecule is O=C1NC(CCl)=NC12CCCC2. The lowest BCUT2D eigenvalue weighted by Crippen LogP contribution is -2.37. The van der Waals surface area contributed by atoms with Crippen LogP contribution in [0.15, 0.2) is 4.99 Å². The molecule has 0 aromatic rings. The van der Waals surface area contributed by atoms with Crippen LogP contribution in [0.1, 0.15) is 25.7 Å². The van der Waals surface area contributed by atoms with Gasteiger partial charge in [0.25, 0.3) is 5.91 Å². The molecule has 0 aromatic carbocycles. The molecule has 4 heteroatoms. The van der Waals surface area contributed by atoms with Crippen LogP contribution in [0.5, 0.6) is 0 Å². The standard InChI is InChI=1S/C8H11ClN2O/c9-5-6-10-7(12)8(11-6)3-1-2-4-8/h1-5H2,(H,10,11,12). The van der Waals surface area contributed by atoms with E-state index in [1.165, 1.54) is 0 Å². The summed E-state index contributed by atoms with van der Waals surface area (Å²) in [5.41, 5.74) is -0.426. The fraction of sp³-hybridized carbons (Fsp3) is 0.750. The number of halogens is 1. The number of rotatable bonds is 1. The van der Waals surface area contributed by atoms with Gasteiger partial charge in [0.1, 0.15) is 11.4 Å². The monoisotopic (exact) mass is 186 g/mol. The van der Waals surface area contributed by atoms with Crippen molar-refractivity contribution in [2.75, 3.05) is 5.88 Å². The van der Waals surface area contributed by atoms with Crippen molar-refractivity contribution in [2.45, 2.75) is 31.2 Å². The largest absolute Gasteiger partial charge is 0.311 e. The van der Waals surface area contributed by atoms with Crippen LogP contribution in [0, 0.1) is 0 Å². The second kappa shape index (κ2) is 2.73. The van der Waals surface area contributed by atoms with E-state index in [2.05, 4.69) is 10.3 Å². The predicted octanol–water partition coefficient (Wildman–Crippen LogP) is 1.07. The highest BCUT2D eigenvalue weighted by Crippen LogP contribution is 2.35. The average Bonchev–Trinajstić information content (AvgIpc) is 2.63. The summed E-state index contributed by atoms with van der Waals surface area (Å²) < 4.78 is 0. The lowest BCUT2D eigenvalue weighted by Gasteiger charge is -2.14. The molecule has 1 aliphatic carbocycles. The minimum Gasteiger partial charge on any atom is -0.311 e. The van der Waals surface area contributed by atoms with Crippen LogP contribution in [0.4, 0.5) is 0 Å². The van der Waals surface area contributed by atoms with E-state index in [1.54, 1.807) is 0 Å². The number of carbonyl (C=O) groups is 1. The van der Waals surface area contributed by atoms with Crippen LogP contribution in [-0.2, 0) is 4.79 Å². The van der Waals surface area contributed by atoms with Crippen molar-refractivity contribution in [3.05, 3.63) is 0 Å². The quantitative estimate of drug-likeness (QED) is 0.612. The fourth-order valence-electron chi connectivity index (χ4n) is 1.95. The maximum Gasteiger partial charge on any atom is 0.253 e. The Balaban J connectivity index is 2.24. The fourth-order valence-corrected chi connectivity index (χ4v) is 2.07. The Kier molecular flexibility index (Phi) is 1.83. The van der Waals surface area contributed by atoms with Crippen LogP contribution < -0.4 is 5.32 Å². The third kappa shape index (κ3) is 1.04. The summed E-state index contributed by atoms with van der Waals surface area (Å²) in [5.74, 6) is 1.01. The molecule has 2 rings (SSSR count). The van der Waals surface area contributed by atoms with Crippen LogP contribution in [0.25, 0.3) is 0 Å². The number of nitrogens with one attached hydrogen (secondary N) is 1. The van der Waals surface area contributed by atoms with Crippen molar-refractivity contribution in [1.29, 1.82) is 0 Å². The summed E-state index contributed by atoms with van der Waals surface area (Å²) in [6, 6.07) is 0. The van der Waals surface area contributed by atoms with Gasteiger partial charge in [0.05, 0.1) is 5.88 Å². The van der Waals surface area contributed by atoms with Crippen molar-refractivity contribution in [2.24, 2.45) is 4.99 Å². The average molecular weight is 187 g/mol. The summed E-state index contributed by atoms with van der Waals surface area (Å²) in [6.07, 6.45) is 3.98. The number of amides is 1. The summed E-state index contributed by atoms with van der Waals surface area (Å²) in [4.78, 5) is 15.8. The van der Waals surface area contributed by atoms with Crippen LogP contribution >= 0.6 is 11.6 Å². The molecule has 1 heterocycles. The number of hydrogen-bond donors (Lipinski definition) is 1. The van der Waals surface area contributed by atoms with Crippen molar-refractivity contribution in [1.82, 2.24) is 5.32 Å². The van der Waals surface area contributed by atoms with Gasteiger partial charge in [-0.15, -0.1) is 11.6 Å². The van der Waals surface area contributed by atoms with Gasteiger partial charge in [0, 0.05) is 0 Å². The normalized spacial score (nSPS) is 26.1. The molecule has 3 nitrogen and oxygen atoms in total. The number of carbonyl (C=O) groups excluding carboxylic acids is 1. The highest BCUT2D eigenvalue weighted by molar-refractivity contribution is 6.31. The Bertz CT molecular complexity index is 243. The summed E-state index contributed by atoms with van der Waals surface area (Å²) in [7, 11) is 0. The molecule has 0 unspecified atom stereocenters. The van der Waals surface area contributed by atoms with Gasteiger partial charge in [-0.25, -0.2) is 0 Å². The molecule has 0 saturated heterocycles. The van der Waals surface area contributed by atoms with E-state index in [9.17, 15) is 4.79 Å². The van der Waals surface area contributed by atoms with Gasteiger partial charge in [-0.3, -0.25) is 9.79 Å². The molecule has 0 aromatic heterocycles. The van der Waals surface area contributed by atoms with E-state index in [0.717, 1.165) is 25.7 Å². The molecule has 1 fully saturated rings. The molecule has 66 valence electrons. The second-order valence-corrected chi connectivity index (χ2v) is 3.65. The van der Waals surface area contributed by atoms with Crippen LogP contribution in [-0.4, -0.2) is 23.2 Å². The Morgan fingerprint density at radius 1 is 1.50 bits per heavy atom. The molecule has 0 bridgehead atoms. The van der Waals surface area contributed by atoms with Gasteiger partial charge in [0.15, 0.2) is 0 Å². The Hall–Kier alpha value is -0.570. The van der Waals surface area contributed by atoms with Crippen LogP contribution in [0.3, 0.4) is 0 Å². The zero-order valence-corrected chi connectivity index (χ0v) is 7.52. The van der Waals surface area contributed by atoms with Gasteiger partial charge >= 0.3 is 0 Å². The van der Waals surface area contributed by atoms with E-state index in [-0.39, 0.29) is 5.91 Å². The van der Waals surface area contributed by atoms with E-state index in [1.807, 2.05) is 0 Å². The molecule has 2 aliphatic rings. The molecule has 0 radical (unpaired) electrons. The lowest BCUT2D eigenvalue weighted by atomic mass is 9.99. The third-order valence-electron chi connectivity index (χ3n) is 2.59. The first-order chi connectivity index (χ1) is 5.77. The zero-order valence-electron chi connectivity index (χ0n) is 6.77. The Labute approximate surface area is 76.2 Å². The third-order valence-corrected chi connectivity index (χ3v) is 2.84. The first-order valence-electron chi connectivity index (χ1n) is 4.23. The topological polar surface area (TPSA) is 41.5 Å². The molecular formula is C8H11ClN2O. The molecule has 1 aliphatic heterocycles. The first kappa shape index (κ1) is 8.05. The molecule has 1 N–H and O–H groups in total. The predicted molar refractivity (Wildman–Crippen MR) is 47.5 cm³/mol. The maximum absolute atomic E-state index is 11.5. The number of nitrogens with zero attached hydrogens (tertiary/aromatic N) is 1. The van der Waals surface area contributed by atoms with E-state index in [0.29, 0.717) is 11.7 Å². The van der Waals surface area contributed by atoms with Gasteiger partial charge in [0.2, 0.25) is 0 Å². The number of amidine groups is 1. The highest BCUT2D eigenvalue weighted by atomic mass is 35.5. The summed E-state index contributed by atoms with van der Waals surface area (Å²) in [6.45, 7) is 0. The van der Waals surface area contributed by atoms with Crippen molar-refractivity contribution in [3.63, 3.8) is 0 Å². The first-order valence-corrected chi connectivity index (χ1v) is 4.76.